The molecule has 1 atom stereocenters. The van der Waals surface area contributed by atoms with Gasteiger partial charge in [0.2, 0.25) is 0 Å². The second-order valence-corrected chi connectivity index (χ2v) is 10.5. The Labute approximate surface area is 223 Å². The highest BCUT2D eigenvalue weighted by molar-refractivity contribution is 5.89. The molecule has 1 saturated heterocycles. The number of benzene rings is 1. The minimum absolute atomic E-state index is 0.127. The lowest BCUT2D eigenvalue weighted by Gasteiger charge is -2.39. The largest absolute Gasteiger partial charge is 0.444 e. The van der Waals surface area contributed by atoms with Crippen LogP contribution in [0, 0.1) is 0 Å². The van der Waals surface area contributed by atoms with E-state index in [0.717, 1.165) is 35.6 Å². The summed E-state index contributed by atoms with van der Waals surface area (Å²) in [6, 6.07) is 7.11. The molecule has 11 heteroatoms. The molecule has 38 heavy (non-hydrogen) atoms. The van der Waals surface area contributed by atoms with Crippen LogP contribution < -0.4 is 15.5 Å². The average Bonchev–Trinajstić information content (AvgIpc) is 2.90. The zero-order valence-electron chi connectivity index (χ0n) is 22.6. The van der Waals surface area contributed by atoms with E-state index in [1.165, 1.54) is 0 Å². The van der Waals surface area contributed by atoms with Crippen LogP contribution in [0.4, 0.5) is 21.1 Å². The molecule has 1 fully saturated rings. The third-order valence-electron chi connectivity index (χ3n) is 6.46. The molecule has 0 radical (unpaired) electrons. The number of nitrogens with one attached hydrogen (secondary N) is 2. The molecule has 0 unspecified atom stereocenters. The molecule has 0 saturated carbocycles. The third kappa shape index (κ3) is 6.70. The van der Waals surface area contributed by atoms with Crippen LogP contribution in [0.5, 0.6) is 0 Å². The highest BCUT2D eigenvalue weighted by atomic mass is 16.6. The second kappa shape index (κ2) is 12.0. The van der Waals surface area contributed by atoms with Crippen molar-refractivity contribution in [2.24, 2.45) is 0 Å². The number of aliphatic hydroxyl groups excluding tert-OH is 1. The third-order valence-corrected chi connectivity index (χ3v) is 6.46. The van der Waals surface area contributed by atoms with Gasteiger partial charge in [-0.3, -0.25) is 0 Å². The number of urea groups is 1. The van der Waals surface area contributed by atoms with Crippen LogP contribution in [-0.2, 0) is 22.4 Å². The lowest BCUT2D eigenvalue weighted by atomic mass is 10.0. The molecule has 206 valence electrons. The Bertz CT molecular complexity index is 1130. The smallest absolute Gasteiger partial charge is 0.410 e. The summed E-state index contributed by atoms with van der Waals surface area (Å²) in [5.41, 5.74) is 2.71. The second-order valence-electron chi connectivity index (χ2n) is 10.5. The van der Waals surface area contributed by atoms with Crippen molar-refractivity contribution in [1.29, 1.82) is 0 Å². The SMILES string of the molecule is CC[C@H]1COCCN1c1nc(-c2ccc(NC(=O)NCCO)cc2)nc2c1CCN(C(=O)OC(C)(C)C)C2. The van der Waals surface area contributed by atoms with E-state index < -0.39 is 5.60 Å². The molecule has 1 aromatic heterocycles. The van der Waals surface area contributed by atoms with Crippen molar-refractivity contribution >= 4 is 23.6 Å². The van der Waals surface area contributed by atoms with Gasteiger partial charge in [-0.05, 0) is 57.9 Å². The van der Waals surface area contributed by atoms with E-state index in [1.807, 2.05) is 32.9 Å². The summed E-state index contributed by atoms with van der Waals surface area (Å²) in [6.07, 6.45) is 1.22. The van der Waals surface area contributed by atoms with Crippen molar-refractivity contribution in [1.82, 2.24) is 20.2 Å². The molecule has 2 aliphatic rings. The standard InChI is InChI=1S/C27H38N6O5/c1-5-20-17-37-15-13-33(20)24-21-10-12-32(26(36)38-27(2,3)4)16-22(21)30-23(31-24)18-6-8-19(9-7-18)29-25(35)28-11-14-34/h6-9,20,34H,5,10-17H2,1-4H3,(H2,28,29,35)/t20-/m0/s1. The summed E-state index contributed by atoms with van der Waals surface area (Å²) in [4.78, 5) is 38.7. The molecule has 3 N–H and O–H groups in total. The number of aliphatic hydroxyl groups is 1. The van der Waals surface area contributed by atoms with Gasteiger partial charge in [-0.15, -0.1) is 0 Å². The first-order chi connectivity index (χ1) is 18.2. The quantitative estimate of drug-likeness (QED) is 0.524. The number of aromatic nitrogens is 2. The van der Waals surface area contributed by atoms with E-state index in [0.29, 0.717) is 44.2 Å². The summed E-state index contributed by atoms with van der Waals surface area (Å²) in [6.45, 7) is 10.7. The minimum atomic E-state index is -0.577. The molecule has 3 heterocycles. The van der Waals surface area contributed by atoms with Gasteiger partial charge in [-0.2, -0.15) is 0 Å². The Morgan fingerprint density at radius 1 is 1.18 bits per heavy atom. The maximum absolute atomic E-state index is 12.8. The van der Waals surface area contributed by atoms with Crippen molar-refractivity contribution < 1.29 is 24.2 Å². The number of ether oxygens (including phenoxy) is 2. The van der Waals surface area contributed by atoms with Crippen LogP contribution in [0.1, 0.15) is 45.4 Å². The first-order valence-corrected chi connectivity index (χ1v) is 13.2. The number of morpholine rings is 1. The highest BCUT2D eigenvalue weighted by Crippen LogP contribution is 2.32. The number of hydrogen-bond acceptors (Lipinski definition) is 8. The van der Waals surface area contributed by atoms with E-state index >= 15 is 0 Å². The van der Waals surface area contributed by atoms with Crippen LogP contribution in [0.3, 0.4) is 0 Å². The number of fused-ring (bicyclic) bond motifs is 1. The highest BCUT2D eigenvalue weighted by Gasteiger charge is 2.32. The van der Waals surface area contributed by atoms with E-state index in [2.05, 4.69) is 22.5 Å². The summed E-state index contributed by atoms with van der Waals surface area (Å²) in [7, 11) is 0. The molecule has 11 nitrogen and oxygen atoms in total. The van der Waals surface area contributed by atoms with Gasteiger partial charge in [-0.1, -0.05) is 6.92 Å². The van der Waals surface area contributed by atoms with Gasteiger partial charge in [0.15, 0.2) is 5.82 Å². The van der Waals surface area contributed by atoms with Gasteiger partial charge in [0.25, 0.3) is 0 Å². The van der Waals surface area contributed by atoms with Gasteiger partial charge in [0.1, 0.15) is 11.4 Å². The summed E-state index contributed by atoms with van der Waals surface area (Å²) in [5.74, 6) is 1.46. The Kier molecular flexibility index (Phi) is 8.68. The fourth-order valence-corrected chi connectivity index (χ4v) is 4.58. The molecule has 3 amide bonds. The van der Waals surface area contributed by atoms with Crippen molar-refractivity contribution in [2.45, 2.75) is 58.7 Å². The Morgan fingerprint density at radius 2 is 1.95 bits per heavy atom. The summed E-state index contributed by atoms with van der Waals surface area (Å²) >= 11 is 0. The molecule has 0 spiro atoms. The summed E-state index contributed by atoms with van der Waals surface area (Å²) < 4.78 is 11.4. The fourth-order valence-electron chi connectivity index (χ4n) is 4.58. The molecular weight excluding hydrogens is 488 g/mol. The molecule has 2 aromatic rings. The molecule has 0 bridgehead atoms. The number of carbonyl (C=O) groups is 2. The topological polar surface area (TPSA) is 129 Å². The molecular formula is C27H38N6O5. The summed E-state index contributed by atoms with van der Waals surface area (Å²) in [5, 5.41) is 14.2. The zero-order valence-corrected chi connectivity index (χ0v) is 22.6. The van der Waals surface area contributed by atoms with Gasteiger partial charge in [-0.25, -0.2) is 19.6 Å². The van der Waals surface area contributed by atoms with Crippen LogP contribution in [0.25, 0.3) is 11.4 Å². The maximum atomic E-state index is 12.8. The van der Waals surface area contributed by atoms with Gasteiger partial charge >= 0.3 is 12.1 Å². The number of amides is 3. The number of carbonyl (C=O) groups excluding carboxylic acids is 2. The number of nitrogens with zero attached hydrogens (tertiary/aromatic N) is 4. The van der Waals surface area contributed by atoms with Crippen LogP contribution in [0.2, 0.25) is 0 Å². The fraction of sp³-hybridized carbons (Fsp3) is 0.556. The Balaban J connectivity index is 1.66. The lowest BCUT2D eigenvalue weighted by molar-refractivity contribution is 0.0220. The number of anilines is 2. The monoisotopic (exact) mass is 526 g/mol. The maximum Gasteiger partial charge on any atom is 0.410 e. The Hall–Kier alpha value is -3.44. The van der Waals surface area contributed by atoms with Gasteiger partial charge < -0.3 is 35.0 Å². The van der Waals surface area contributed by atoms with Crippen LogP contribution >= 0.6 is 0 Å². The van der Waals surface area contributed by atoms with Crippen LogP contribution in [-0.4, -0.2) is 83.2 Å². The predicted octanol–water partition coefficient (Wildman–Crippen LogP) is 3.17. The average molecular weight is 527 g/mol. The van der Waals surface area contributed by atoms with Gasteiger partial charge in [0, 0.05) is 36.4 Å². The first kappa shape index (κ1) is 27.6. The lowest BCUT2D eigenvalue weighted by Crippen LogP contribution is -2.47. The molecule has 1 aromatic carbocycles. The predicted molar refractivity (Wildman–Crippen MR) is 144 cm³/mol. The van der Waals surface area contributed by atoms with E-state index in [1.54, 1.807) is 17.0 Å². The normalized spacial score (nSPS) is 17.6. The van der Waals surface area contributed by atoms with Crippen LogP contribution in [0.15, 0.2) is 24.3 Å². The molecule has 0 aliphatic carbocycles. The van der Waals surface area contributed by atoms with E-state index in [9.17, 15) is 9.59 Å². The zero-order chi connectivity index (χ0) is 27.3. The van der Waals surface area contributed by atoms with Crippen molar-refractivity contribution in [3.63, 3.8) is 0 Å². The molecule has 4 rings (SSSR count). The van der Waals surface area contributed by atoms with Crippen molar-refractivity contribution in [3.8, 4) is 11.4 Å². The van der Waals surface area contributed by atoms with Gasteiger partial charge in [0.05, 0.1) is 38.1 Å². The van der Waals surface area contributed by atoms with Crippen molar-refractivity contribution in [3.05, 3.63) is 35.5 Å². The van der Waals surface area contributed by atoms with Crippen molar-refractivity contribution in [2.75, 3.05) is 49.7 Å². The number of rotatable bonds is 6. The number of hydrogen-bond donors (Lipinski definition) is 3. The first-order valence-electron chi connectivity index (χ1n) is 13.2. The minimum Gasteiger partial charge on any atom is -0.444 e. The molecule has 2 aliphatic heterocycles. The van der Waals surface area contributed by atoms with E-state index in [4.69, 9.17) is 24.5 Å². The Morgan fingerprint density at radius 3 is 2.63 bits per heavy atom. The van der Waals surface area contributed by atoms with E-state index in [-0.39, 0.29) is 31.3 Å².